The molecule has 0 radical (unpaired) electrons. The normalized spacial score (nSPS) is 11.6. The topological polar surface area (TPSA) is 84.5 Å². The molecule has 0 aliphatic heterocycles. The molecule has 0 spiro atoms. The fourth-order valence-electron chi connectivity index (χ4n) is 2.38. The Kier molecular flexibility index (Phi) is 7.11. The molecule has 1 atom stereocenters. The first-order valence-corrected chi connectivity index (χ1v) is 8.79. The molecule has 2 aromatic rings. The van der Waals surface area contributed by atoms with Gasteiger partial charge in [0.05, 0.1) is 23.2 Å². The maximum absolute atomic E-state index is 12.6. The zero-order valence-electron chi connectivity index (χ0n) is 15.7. The summed E-state index contributed by atoms with van der Waals surface area (Å²) >= 11 is 0. The number of ether oxygens (including phenoxy) is 1. The summed E-state index contributed by atoms with van der Waals surface area (Å²) in [6.07, 6.45) is 0. The summed E-state index contributed by atoms with van der Waals surface area (Å²) in [6.45, 7) is 4.87. The summed E-state index contributed by atoms with van der Waals surface area (Å²) in [7, 11) is 0. The number of carbonyl (C=O) groups is 3. The summed E-state index contributed by atoms with van der Waals surface area (Å²) in [5.41, 5.74) is 1.68. The van der Waals surface area contributed by atoms with Crippen LogP contribution in [0.1, 0.15) is 42.7 Å². The van der Waals surface area contributed by atoms with E-state index >= 15 is 0 Å². The van der Waals surface area contributed by atoms with Crippen molar-refractivity contribution in [3.63, 3.8) is 0 Å². The first kappa shape index (κ1) is 20.2. The van der Waals surface area contributed by atoms with Crippen molar-refractivity contribution in [2.45, 2.75) is 26.8 Å². The first-order chi connectivity index (χ1) is 12.9. The highest BCUT2D eigenvalue weighted by Gasteiger charge is 2.17. The maximum Gasteiger partial charge on any atom is 0.308 e. The van der Waals surface area contributed by atoms with Crippen molar-refractivity contribution in [1.82, 2.24) is 5.32 Å². The number of rotatable bonds is 7. The van der Waals surface area contributed by atoms with Gasteiger partial charge in [0.25, 0.3) is 11.8 Å². The zero-order chi connectivity index (χ0) is 19.8. The van der Waals surface area contributed by atoms with Crippen LogP contribution < -0.4 is 10.6 Å². The van der Waals surface area contributed by atoms with Crippen LogP contribution in [0.2, 0.25) is 0 Å². The third kappa shape index (κ3) is 5.95. The fraction of sp³-hybridized carbons (Fsp3) is 0.286. The number of amides is 2. The highest BCUT2D eigenvalue weighted by atomic mass is 16.5. The van der Waals surface area contributed by atoms with Crippen molar-refractivity contribution in [1.29, 1.82) is 0 Å². The van der Waals surface area contributed by atoms with Gasteiger partial charge in [-0.2, -0.15) is 0 Å². The molecule has 2 aromatic carbocycles. The number of hydrogen-bond donors (Lipinski definition) is 2. The molecule has 0 heterocycles. The molecule has 0 fully saturated rings. The van der Waals surface area contributed by atoms with Crippen molar-refractivity contribution in [2.75, 3.05) is 11.9 Å². The van der Waals surface area contributed by atoms with E-state index in [-0.39, 0.29) is 17.9 Å². The minimum absolute atomic E-state index is 0.186. The molecule has 2 amide bonds. The van der Waals surface area contributed by atoms with Gasteiger partial charge in [0.2, 0.25) is 0 Å². The Morgan fingerprint density at radius 2 is 1.56 bits per heavy atom. The fourth-order valence-corrected chi connectivity index (χ4v) is 2.38. The second-order valence-corrected chi connectivity index (χ2v) is 6.46. The molecule has 0 aromatic heterocycles. The van der Waals surface area contributed by atoms with E-state index in [0.717, 1.165) is 5.56 Å². The molecular weight excluding hydrogens is 344 g/mol. The Labute approximate surface area is 158 Å². The van der Waals surface area contributed by atoms with Gasteiger partial charge < -0.3 is 15.4 Å². The van der Waals surface area contributed by atoms with Crippen LogP contribution in [0.5, 0.6) is 0 Å². The predicted octanol–water partition coefficient (Wildman–Crippen LogP) is 3.32. The van der Waals surface area contributed by atoms with Crippen LogP contribution in [0.15, 0.2) is 54.6 Å². The van der Waals surface area contributed by atoms with Crippen LogP contribution >= 0.6 is 0 Å². The van der Waals surface area contributed by atoms with E-state index in [1.165, 1.54) is 0 Å². The number of nitrogens with one attached hydrogen (secondary N) is 2. The molecule has 0 aliphatic carbocycles. The van der Waals surface area contributed by atoms with Gasteiger partial charge in [-0.3, -0.25) is 14.4 Å². The standard InChI is InChI=1S/C21H24N2O4/c1-14(2)21(26)27-13-19(24)23-18-12-8-7-11-17(18)20(25)22-15(3)16-9-5-4-6-10-16/h4-12,14-15H,13H2,1-3H3,(H,22,25)(H,23,24)/t15-/m0/s1. The summed E-state index contributed by atoms with van der Waals surface area (Å²) in [6, 6.07) is 16.1. The number of para-hydroxylation sites is 1. The maximum atomic E-state index is 12.6. The lowest BCUT2D eigenvalue weighted by molar-refractivity contribution is -0.150. The molecule has 0 bridgehead atoms. The lowest BCUT2D eigenvalue weighted by Crippen LogP contribution is -2.28. The van der Waals surface area contributed by atoms with E-state index in [2.05, 4.69) is 10.6 Å². The lowest BCUT2D eigenvalue weighted by Gasteiger charge is -2.16. The van der Waals surface area contributed by atoms with Gasteiger partial charge in [0, 0.05) is 0 Å². The van der Waals surface area contributed by atoms with Gasteiger partial charge in [0.15, 0.2) is 6.61 Å². The minimum atomic E-state index is -0.500. The summed E-state index contributed by atoms with van der Waals surface area (Å²) in [4.78, 5) is 36.1. The van der Waals surface area contributed by atoms with Gasteiger partial charge in [-0.15, -0.1) is 0 Å². The second-order valence-electron chi connectivity index (χ2n) is 6.46. The van der Waals surface area contributed by atoms with E-state index in [1.807, 2.05) is 37.3 Å². The number of hydrogen-bond acceptors (Lipinski definition) is 4. The molecule has 0 saturated carbocycles. The van der Waals surface area contributed by atoms with E-state index in [0.29, 0.717) is 11.3 Å². The van der Waals surface area contributed by atoms with Crippen LogP contribution in [-0.4, -0.2) is 24.4 Å². The summed E-state index contributed by atoms with van der Waals surface area (Å²) < 4.78 is 4.91. The van der Waals surface area contributed by atoms with Gasteiger partial charge in [-0.05, 0) is 24.6 Å². The molecule has 0 unspecified atom stereocenters. The Hall–Kier alpha value is -3.15. The molecule has 27 heavy (non-hydrogen) atoms. The van der Waals surface area contributed by atoms with Crippen molar-refractivity contribution in [3.05, 3.63) is 65.7 Å². The zero-order valence-corrected chi connectivity index (χ0v) is 15.7. The smallest absolute Gasteiger partial charge is 0.308 e. The third-order valence-corrected chi connectivity index (χ3v) is 3.91. The SMILES string of the molecule is CC(C)C(=O)OCC(=O)Nc1ccccc1C(=O)N[C@@H](C)c1ccccc1. The van der Waals surface area contributed by atoms with E-state index in [4.69, 9.17) is 4.74 Å². The van der Waals surface area contributed by atoms with Gasteiger partial charge >= 0.3 is 5.97 Å². The molecule has 142 valence electrons. The van der Waals surface area contributed by atoms with Crippen LogP contribution in [0.3, 0.4) is 0 Å². The quantitative estimate of drug-likeness (QED) is 0.734. The first-order valence-electron chi connectivity index (χ1n) is 8.79. The molecular formula is C21H24N2O4. The highest BCUT2D eigenvalue weighted by Crippen LogP contribution is 2.18. The summed E-state index contributed by atoms with van der Waals surface area (Å²) in [5.74, 6) is -1.56. The molecule has 0 saturated heterocycles. The molecule has 2 N–H and O–H groups in total. The lowest BCUT2D eigenvalue weighted by atomic mass is 10.1. The molecule has 2 rings (SSSR count). The Morgan fingerprint density at radius 3 is 2.22 bits per heavy atom. The predicted molar refractivity (Wildman–Crippen MR) is 103 cm³/mol. The third-order valence-electron chi connectivity index (χ3n) is 3.91. The van der Waals surface area contributed by atoms with Crippen molar-refractivity contribution < 1.29 is 19.1 Å². The Balaban J connectivity index is 2.03. The summed E-state index contributed by atoms with van der Waals surface area (Å²) in [5, 5.41) is 5.54. The van der Waals surface area contributed by atoms with E-state index < -0.39 is 18.5 Å². The number of benzene rings is 2. The average Bonchev–Trinajstić information content (AvgIpc) is 2.67. The average molecular weight is 368 g/mol. The minimum Gasteiger partial charge on any atom is -0.455 e. The van der Waals surface area contributed by atoms with E-state index in [1.54, 1.807) is 38.1 Å². The Morgan fingerprint density at radius 1 is 0.926 bits per heavy atom. The van der Waals surface area contributed by atoms with Gasteiger partial charge in [-0.25, -0.2) is 0 Å². The van der Waals surface area contributed by atoms with Crippen molar-refractivity contribution in [2.24, 2.45) is 5.92 Å². The number of carbonyl (C=O) groups excluding carboxylic acids is 3. The van der Waals surface area contributed by atoms with Gasteiger partial charge in [0.1, 0.15) is 0 Å². The van der Waals surface area contributed by atoms with Crippen LogP contribution in [0.4, 0.5) is 5.69 Å². The van der Waals surface area contributed by atoms with Crippen LogP contribution in [0, 0.1) is 5.92 Å². The Bertz CT molecular complexity index is 803. The van der Waals surface area contributed by atoms with Crippen molar-refractivity contribution in [3.8, 4) is 0 Å². The van der Waals surface area contributed by atoms with Crippen molar-refractivity contribution >= 4 is 23.5 Å². The van der Waals surface area contributed by atoms with Crippen LogP contribution in [-0.2, 0) is 14.3 Å². The molecule has 6 nitrogen and oxygen atoms in total. The second kappa shape index (κ2) is 9.52. The molecule has 0 aliphatic rings. The van der Waals surface area contributed by atoms with E-state index in [9.17, 15) is 14.4 Å². The number of esters is 1. The monoisotopic (exact) mass is 368 g/mol. The largest absolute Gasteiger partial charge is 0.455 e. The highest BCUT2D eigenvalue weighted by molar-refractivity contribution is 6.04. The van der Waals surface area contributed by atoms with Crippen LogP contribution in [0.25, 0.3) is 0 Å². The number of anilines is 1. The molecule has 6 heteroatoms. The van der Waals surface area contributed by atoms with Gasteiger partial charge in [-0.1, -0.05) is 56.3 Å².